The third-order valence-corrected chi connectivity index (χ3v) is 6.42. The average Bonchev–Trinajstić information content (AvgIpc) is 3.34. The van der Waals surface area contributed by atoms with Crippen molar-refractivity contribution in [3.05, 3.63) is 55.2 Å². The Balaban J connectivity index is 1.82. The maximum Gasteiger partial charge on any atom is 0.435 e. The quantitative estimate of drug-likeness (QED) is 0.555. The Bertz CT molecular complexity index is 1160. The first-order valence-corrected chi connectivity index (χ1v) is 10.8. The molecule has 2 amide bonds. The van der Waals surface area contributed by atoms with Crippen LogP contribution in [0.4, 0.5) is 13.2 Å². The molecule has 174 valence electrons. The molecule has 1 aliphatic rings. The van der Waals surface area contributed by atoms with E-state index < -0.39 is 30.0 Å². The van der Waals surface area contributed by atoms with Gasteiger partial charge in [0.05, 0.1) is 28.8 Å². The Morgan fingerprint density at radius 2 is 1.91 bits per heavy atom. The van der Waals surface area contributed by atoms with Gasteiger partial charge in [0.15, 0.2) is 0 Å². The summed E-state index contributed by atoms with van der Waals surface area (Å²) in [7, 11) is 0. The van der Waals surface area contributed by atoms with Gasteiger partial charge in [-0.25, -0.2) is 0 Å². The normalized spacial score (nSPS) is 17.7. The maximum atomic E-state index is 14.1. The van der Waals surface area contributed by atoms with Crippen LogP contribution in [-0.4, -0.2) is 36.8 Å². The summed E-state index contributed by atoms with van der Waals surface area (Å²) in [6.07, 6.45) is -5.49. The number of carbonyl (C=O) groups is 2. The van der Waals surface area contributed by atoms with Gasteiger partial charge < -0.3 is 15.5 Å². The summed E-state index contributed by atoms with van der Waals surface area (Å²) in [6.45, 7) is 1.05. The number of hydrogen-bond acceptors (Lipinski definition) is 6. The summed E-state index contributed by atoms with van der Waals surface area (Å²) in [5, 5.41) is 16.8. The van der Waals surface area contributed by atoms with Crippen LogP contribution in [0.5, 0.6) is 0 Å². The van der Waals surface area contributed by atoms with Gasteiger partial charge in [-0.2, -0.15) is 18.4 Å². The molecule has 1 aromatic heterocycles. The van der Waals surface area contributed by atoms with Crippen LogP contribution < -0.4 is 10.6 Å². The molecule has 33 heavy (non-hydrogen) atoms. The first kappa shape index (κ1) is 24.8. The van der Waals surface area contributed by atoms with Crippen molar-refractivity contribution in [1.29, 1.82) is 5.26 Å². The van der Waals surface area contributed by atoms with E-state index in [1.807, 2.05) is 0 Å². The average molecular weight is 519 g/mol. The van der Waals surface area contributed by atoms with E-state index in [-0.39, 0.29) is 39.3 Å². The van der Waals surface area contributed by atoms with Crippen LogP contribution >= 0.6 is 34.5 Å². The SMILES string of the molecule is Cc1cc(C2=NOC(c3cc(Cl)cc(Cl)c3)(C(F)(F)F)C2)sc1C(=O)NCC(=O)NCC#N. The van der Waals surface area contributed by atoms with Gasteiger partial charge in [0.1, 0.15) is 12.3 Å². The molecule has 2 N–H and O–H groups in total. The molecule has 0 fully saturated rings. The number of alkyl halides is 3. The minimum atomic E-state index is -4.84. The van der Waals surface area contributed by atoms with Crippen molar-refractivity contribution in [2.24, 2.45) is 5.16 Å². The molecule has 3 rings (SSSR count). The Kier molecular flexibility index (Phi) is 7.21. The molecule has 1 atom stereocenters. The topological polar surface area (TPSA) is 104 Å². The molecule has 0 aliphatic carbocycles. The van der Waals surface area contributed by atoms with E-state index in [0.717, 1.165) is 23.5 Å². The Hall–Kier alpha value is -2.81. The third-order valence-electron chi connectivity index (χ3n) is 4.70. The van der Waals surface area contributed by atoms with Crippen LogP contribution in [0.1, 0.15) is 32.1 Å². The number of benzene rings is 1. The molecule has 1 unspecified atom stereocenters. The third kappa shape index (κ3) is 5.24. The van der Waals surface area contributed by atoms with Gasteiger partial charge in [0.2, 0.25) is 5.91 Å². The van der Waals surface area contributed by atoms with Crippen molar-refractivity contribution in [3.63, 3.8) is 0 Å². The van der Waals surface area contributed by atoms with E-state index in [1.54, 1.807) is 13.0 Å². The summed E-state index contributed by atoms with van der Waals surface area (Å²) < 4.78 is 42.4. The molecular formula is C20H15Cl2F3N4O3S. The second-order valence-electron chi connectivity index (χ2n) is 7.03. The lowest BCUT2D eigenvalue weighted by molar-refractivity contribution is -0.275. The van der Waals surface area contributed by atoms with Gasteiger partial charge in [0.25, 0.3) is 11.5 Å². The number of carbonyl (C=O) groups excluding carboxylic acids is 2. The molecule has 0 bridgehead atoms. The molecule has 13 heteroatoms. The predicted molar refractivity (Wildman–Crippen MR) is 116 cm³/mol. The number of hydrogen-bond donors (Lipinski definition) is 2. The Morgan fingerprint density at radius 3 is 2.52 bits per heavy atom. The lowest BCUT2D eigenvalue weighted by atomic mass is 9.88. The minimum absolute atomic E-state index is 0.00216. The number of amides is 2. The van der Waals surface area contributed by atoms with Gasteiger partial charge in [-0.05, 0) is 36.8 Å². The fourth-order valence-corrected chi connectivity index (χ4v) is 4.71. The van der Waals surface area contributed by atoms with Gasteiger partial charge in [-0.3, -0.25) is 9.59 Å². The maximum absolute atomic E-state index is 14.1. The summed E-state index contributed by atoms with van der Waals surface area (Å²) in [5.74, 6) is -1.14. The number of nitrogens with one attached hydrogen (secondary N) is 2. The van der Waals surface area contributed by atoms with E-state index in [4.69, 9.17) is 33.3 Å². The zero-order valence-corrected chi connectivity index (χ0v) is 19.2. The number of nitrogens with zero attached hydrogens (tertiary/aromatic N) is 2. The predicted octanol–water partition coefficient (Wildman–Crippen LogP) is 4.32. The fourth-order valence-electron chi connectivity index (χ4n) is 3.11. The smallest absolute Gasteiger partial charge is 0.374 e. The van der Waals surface area contributed by atoms with Crippen LogP contribution in [0.15, 0.2) is 29.4 Å². The van der Waals surface area contributed by atoms with Gasteiger partial charge in [-0.15, -0.1) is 11.3 Å². The Morgan fingerprint density at radius 1 is 1.24 bits per heavy atom. The largest absolute Gasteiger partial charge is 0.435 e. The highest BCUT2D eigenvalue weighted by Gasteiger charge is 2.62. The van der Waals surface area contributed by atoms with Crippen molar-refractivity contribution in [1.82, 2.24) is 10.6 Å². The lowest BCUT2D eigenvalue weighted by Gasteiger charge is -2.29. The van der Waals surface area contributed by atoms with Gasteiger partial charge in [-0.1, -0.05) is 28.4 Å². The van der Waals surface area contributed by atoms with Crippen LogP contribution in [0.3, 0.4) is 0 Å². The molecule has 1 aromatic carbocycles. The van der Waals surface area contributed by atoms with E-state index in [1.165, 1.54) is 12.1 Å². The van der Waals surface area contributed by atoms with Crippen molar-refractivity contribution in [3.8, 4) is 6.07 Å². The van der Waals surface area contributed by atoms with Crippen LogP contribution in [-0.2, 0) is 15.2 Å². The minimum Gasteiger partial charge on any atom is -0.374 e. The molecule has 1 aliphatic heterocycles. The highest BCUT2D eigenvalue weighted by molar-refractivity contribution is 7.16. The van der Waals surface area contributed by atoms with E-state index in [0.29, 0.717) is 10.4 Å². The summed E-state index contributed by atoms with van der Waals surface area (Å²) in [6, 6.07) is 6.80. The summed E-state index contributed by atoms with van der Waals surface area (Å²) in [5.41, 5.74) is -2.58. The summed E-state index contributed by atoms with van der Waals surface area (Å²) >= 11 is 12.7. The first-order valence-electron chi connectivity index (χ1n) is 9.28. The second kappa shape index (κ2) is 9.59. The molecule has 0 radical (unpaired) electrons. The van der Waals surface area contributed by atoms with Gasteiger partial charge >= 0.3 is 6.18 Å². The van der Waals surface area contributed by atoms with Crippen molar-refractivity contribution >= 4 is 52.1 Å². The van der Waals surface area contributed by atoms with Crippen LogP contribution in [0.25, 0.3) is 0 Å². The number of halogens is 5. The molecular weight excluding hydrogens is 504 g/mol. The van der Waals surface area contributed by atoms with E-state index >= 15 is 0 Å². The molecule has 2 heterocycles. The highest BCUT2D eigenvalue weighted by atomic mass is 35.5. The fraction of sp³-hybridized carbons (Fsp3) is 0.300. The zero-order valence-electron chi connectivity index (χ0n) is 16.8. The number of thiophene rings is 1. The van der Waals surface area contributed by atoms with Gasteiger partial charge in [0, 0.05) is 15.6 Å². The van der Waals surface area contributed by atoms with E-state index in [9.17, 15) is 22.8 Å². The number of nitriles is 1. The Labute approximate surface area is 200 Å². The lowest BCUT2D eigenvalue weighted by Crippen LogP contribution is -2.42. The standard InChI is InChI=1S/C20H15Cl2F3N4O3S/c1-10-4-15(33-17(10)18(31)28-9-16(30)27-3-2-26)14-8-19(32-29-14,20(23,24)25)11-5-12(21)7-13(22)6-11/h4-7H,3,8-9H2,1H3,(H,27,30)(H,28,31). The summed E-state index contributed by atoms with van der Waals surface area (Å²) in [4.78, 5) is 29.5. The molecule has 0 saturated heterocycles. The highest BCUT2D eigenvalue weighted by Crippen LogP contribution is 2.50. The van der Waals surface area contributed by atoms with Crippen LogP contribution in [0, 0.1) is 18.3 Å². The molecule has 0 spiro atoms. The van der Waals surface area contributed by atoms with E-state index in [2.05, 4.69) is 15.8 Å². The second-order valence-corrected chi connectivity index (χ2v) is 8.95. The van der Waals surface area contributed by atoms with Crippen molar-refractivity contribution < 1.29 is 27.6 Å². The zero-order chi connectivity index (χ0) is 24.4. The molecule has 2 aromatic rings. The first-order chi connectivity index (χ1) is 15.5. The number of aryl methyl sites for hydroxylation is 1. The van der Waals surface area contributed by atoms with Crippen LogP contribution in [0.2, 0.25) is 10.0 Å². The number of rotatable bonds is 6. The number of oxime groups is 1. The monoisotopic (exact) mass is 518 g/mol. The molecule has 0 saturated carbocycles. The van der Waals surface area contributed by atoms with Crippen molar-refractivity contribution in [2.45, 2.75) is 25.1 Å². The molecule has 7 nitrogen and oxygen atoms in total. The van der Waals surface area contributed by atoms with Crippen molar-refractivity contribution in [2.75, 3.05) is 13.1 Å².